The van der Waals surface area contributed by atoms with Crippen LogP contribution in [0.5, 0.6) is 0 Å². The predicted octanol–water partition coefficient (Wildman–Crippen LogP) is 3.72. The minimum atomic E-state index is -0.465. The largest absolute Gasteiger partial charge is 0.328 e. The van der Waals surface area contributed by atoms with E-state index in [4.69, 9.17) is 5.10 Å². The highest BCUT2D eigenvalue weighted by atomic mass is 32.1. The molecule has 5 heterocycles. The Balaban J connectivity index is 1.60. The molecule has 0 aromatic carbocycles. The van der Waals surface area contributed by atoms with E-state index in [9.17, 15) is 4.79 Å². The Bertz CT molecular complexity index is 1220. The van der Waals surface area contributed by atoms with E-state index >= 15 is 0 Å². The monoisotopic (exact) mass is 415 g/mol. The lowest BCUT2D eigenvalue weighted by Gasteiger charge is -2.28. The molecule has 1 amide bonds. The first-order valence-electron chi connectivity index (χ1n) is 9.30. The summed E-state index contributed by atoms with van der Waals surface area (Å²) in [5.74, 6) is 0.964. The summed E-state index contributed by atoms with van der Waals surface area (Å²) >= 11 is 1.57. The molecule has 148 valence electrons. The maximum Gasteiger partial charge on any atom is 0.255 e. The quantitative estimate of drug-likeness (QED) is 0.527. The van der Waals surface area contributed by atoms with Gasteiger partial charge >= 0.3 is 0 Å². The molecule has 30 heavy (non-hydrogen) atoms. The van der Waals surface area contributed by atoms with E-state index in [2.05, 4.69) is 25.6 Å². The van der Waals surface area contributed by atoms with E-state index in [1.54, 1.807) is 52.9 Å². The van der Waals surface area contributed by atoms with Crippen molar-refractivity contribution in [3.63, 3.8) is 0 Å². The Morgan fingerprint density at radius 2 is 1.97 bits per heavy atom. The van der Waals surface area contributed by atoms with E-state index in [1.807, 2.05) is 36.6 Å². The van der Waals surface area contributed by atoms with Gasteiger partial charge in [-0.3, -0.25) is 14.8 Å². The van der Waals surface area contributed by atoms with Gasteiger partial charge in [-0.1, -0.05) is 12.1 Å². The van der Waals surface area contributed by atoms with Crippen molar-refractivity contribution in [1.29, 1.82) is 0 Å². The van der Waals surface area contributed by atoms with Crippen LogP contribution in [0.4, 0.5) is 11.6 Å². The fourth-order valence-corrected chi connectivity index (χ4v) is 4.09. The molecule has 0 fully saturated rings. The summed E-state index contributed by atoms with van der Waals surface area (Å²) in [5, 5.41) is 12.9. The van der Waals surface area contributed by atoms with Crippen molar-refractivity contribution in [2.75, 3.05) is 10.6 Å². The van der Waals surface area contributed by atoms with Gasteiger partial charge in [-0.05, 0) is 42.1 Å². The zero-order valence-corrected chi connectivity index (χ0v) is 16.8. The van der Waals surface area contributed by atoms with Crippen LogP contribution in [0, 0.1) is 0 Å². The van der Waals surface area contributed by atoms with Crippen molar-refractivity contribution >= 4 is 28.9 Å². The van der Waals surface area contributed by atoms with Crippen LogP contribution in [0.3, 0.4) is 0 Å². The number of amides is 1. The third kappa shape index (κ3) is 3.25. The summed E-state index contributed by atoms with van der Waals surface area (Å²) < 4.78 is 1.75. The molecular formula is C21H17N7OS. The van der Waals surface area contributed by atoms with Crippen LogP contribution in [0.2, 0.25) is 0 Å². The molecule has 1 aliphatic rings. The molecular weight excluding hydrogens is 398 g/mol. The lowest BCUT2D eigenvalue weighted by Crippen LogP contribution is -2.31. The summed E-state index contributed by atoms with van der Waals surface area (Å²) in [7, 11) is 0. The van der Waals surface area contributed by atoms with Crippen LogP contribution < -0.4 is 10.6 Å². The van der Waals surface area contributed by atoms with Crippen molar-refractivity contribution in [3.05, 3.63) is 83.4 Å². The van der Waals surface area contributed by atoms with Crippen molar-refractivity contribution < 1.29 is 4.79 Å². The van der Waals surface area contributed by atoms with Gasteiger partial charge in [0, 0.05) is 24.3 Å². The normalized spacial score (nSPS) is 15.4. The molecule has 0 bridgehead atoms. The predicted molar refractivity (Wildman–Crippen MR) is 115 cm³/mol. The molecule has 1 aliphatic heterocycles. The maximum absolute atomic E-state index is 13.3. The summed E-state index contributed by atoms with van der Waals surface area (Å²) in [6.07, 6.45) is 6.72. The Morgan fingerprint density at radius 3 is 2.67 bits per heavy atom. The summed E-state index contributed by atoms with van der Waals surface area (Å²) in [4.78, 5) is 27.2. The highest BCUT2D eigenvalue weighted by Gasteiger charge is 2.34. The maximum atomic E-state index is 13.3. The molecule has 5 rings (SSSR count). The first-order chi connectivity index (χ1) is 14.7. The van der Waals surface area contributed by atoms with E-state index in [1.165, 1.54) is 0 Å². The van der Waals surface area contributed by atoms with Crippen molar-refractivity contribution in [3.8, 4) is 10.7 Å². The van der Waals surface area contributed by atoms with Gasteiger partial charge in [0.2, 0.25) is 5.95 Å². The fourth-order valence-electron chi connectivity index (χ4n) is 3.44. The van der Waals surface area contributed by atoms with E-state index in [0.717, 1.165) is 10.4 Å². The van der Waals surface area contributed by atoms with E-state index < -0.39 is 6.04 Å². The Kier molecular flexibility index (Phi) is 4.56. The van der Waals surface area contributed by atoms with Crippen LogP contribution in [0.1, 0.15) is 18.5 Å². The highest BCUT2D eigenvalue weighted by molar-refractivity contribution is 7.13. The average molecular weight is 415 g/mol. The molecule has 4 aromatic heterocycles. The molecule has 4 aromatic rings. The molecule has 9 heteroatoms. The first kappa shape index (κ1) is 18.2. The van der Waals surface area contributed by atoms with Gasteiger partial charge < -0.3 is 10.6 Å². The van der Waals surface area contributed by atoms with Crippen molar-refractivity contribution in [2.24, 2.45) is 0 Å². The number of pyridine rings is 2. The van der Waals surface area contributed by atoms with Crippen LogP contribution >= 0.6 is 11.3 Å². The van der Waals surface area contributed by atoms with E-state index in [0.29, 0.717) is 28.7 Å². The number of hydrogen-bond acceptors (Lipinski definition) is 7. The first-order valence-corrected chi connectivity index (χ1v) is 10.2. The second-order valence-electron chi connectivity index (χ2n) is 6.73. The van der Waals surface area contributed by atoms with Crippen LogP contribution in [0.25, 0.3) is 10.7 Å². The van der Waals surface area contributed by atoms with Crippen LogP contribution in [0.15, 0.2) is 77.8 Å². The minimum absolute atomic E-state index is 0.235. The molecule has 0 saturated carbocycles. The van der Waals surface area contributed by atoms with E-state index in [-0.39, 0.29) is 5.91 Å². The van der Waals surface area contributed by atoms with Gasteiger partial charge in [-0.25, -0.2) is 4.68 Å². The summed E-state index contributed by atoms with van der Waals surface area (Å²) in [6.45, 7) is 1.87. The number of fused-ring (bicyclic) bond motifs is 1. The van der Waals surface area contributed by atoms with Crippen molar-refractivity contribution in [2.45, 2.75) is 13.0 Å². The number of thiophene rings is 1. The lowest BCUT2D eigenvalue weighted by atomic mass is 9.96. The Morgan fingerprint density at radius 1 is 1.13 bits per heavy atom. The number of nitrogens with one attached hydrogen (secondary N) is 2. The second-order valence-corrected chi connectivity index (χ2v) is 7.68. The van der Waals surface area contributed by atoms with Crippen LogP contribution in [-0.2, 0) is 4.79 Å². The second kappa shape index (κ2) is 7.53. The molecule has 0 aliphatic carbocycles. The summed E-state index contributed by atoms with van der Waals surface area (Å²) in [5.41, 5.74) is 2.72. The topological polar surface area (TPSA) is 97.6 Å². The standard InChI is InChI=1S/C21H17N7OS/c1-13-17(20(29)25-15-6-3-9-23-12-15)18(14-5-2-8-22-11-14)28-21(24-13)26-19(27-28)16-7-4-10-30-16/h2-12,18H,1H3,(H,25,29)(H,24,26,27)/t18-/m0/s1. The molecule has 1 atom stereocenters. The average Bonchev–Trinajstić information content (AvgIpc) is 3.44. The van der Waals surface area contributed by atoms with Gasteiger partial charge in [-0.15, -0.1) is 16.4 Å². The summed E-state index contributed by atoms with van der Waals surface area (Å²) in [6, 6.07) is 10.8. The molecule has 0 saturated heterocycles. The third-order valence-corrected chi connectivity index (χ3v) is 5.62. The van der Waals surface area contributed by atoms with Crippen molar-refractivity contribution in [1.82, 2.24) is 24.7 Å². The number of carbonyl (C=O) groups excluding carboxylic acids is 1. The zero-order chi connectivity index (χ0) is 20.5. The number of aromatic nitrogens is 5. The van der Waals surface area contributed by atoms with Crippen LogP contribution in [-0.4, -0.2) is 30.6 Å². The number of nitrogens with zero attached hydrogens (tertiary/aromatic N) is 5. The fraction of sp³-hybridized carbons (Fsp3) is 0.0952. The lowest BCUT2D eigenvalue weighted by molar-refractivity contribution is -0.113. The molecule has 0 spiro atoms. The number of carbonyl (C=O) groups is 1. The Labute approximate surface area is 176 Å². The number of anilines is 2. The van der Waals surface area contributed by atoms with Gasteiger partial charge in [0.25, 0.3) is 5.91 Å². The third-order valence-electron chi connectivity index (χ3n) is 4.76. The number of hydrogen-bond donors (Lipinski definition) is 2. The number of rotatable bonds is 4. The Hall–Kier alpha value is -3.85. The SMILES string of the molecule is CC1=C(C(=O)Nc2cccnc2)[C@H](c2cccnc2)n2nc(-c3cccs3)nc2N1. The van der Waals surface area contributed by atoms with Gasteiger partial charge in [-0.2, -0.15) is 4.98 Å². The molecule has 0 radical (unpaired) electrons. The van der Waals surface area contributed by atoms with Gasteiger partial charge in [0.1, 0.15) is 6.04 Å². The smallest absolute Gasteiger partial charge is 0.255 e. The zero-order valence-electron chi connectivity index (χ0n) is 16.0. The molecule has 0 unspecified atom stereocenters. The van der Waals surface area contributed by atoms with Gasteiger partial charge in [0.15, 0.2) is 5.82 Å². The molecule has 8 nitrogen and oxygen atoms in total. The number of allylic oxidation sites excluding steroid dienone is 1. The minimum Gasteiger partial charge on any atom is -0.328 e. The van der Waals surface area contributed by atoms with Gasteiger partial charge in [0.05, 0.1) is 22.3 Å². The molecule has 2 N–H and O–H groups in total. The highest BCUT2D eigenvalue weighted by Crippen LogP contribution is 2.37.